The van der Waals surface area contributed by atoms with Crippen molar-refractivity contribution in [1.82, 2.24) is 4.90 Å². The molecule has 5 heteroatoms. The number of likely N-dealkylation sites (tertiary alicyclic amines) is 1. The van der Waals surface area contributed by atoms with Gasteiger partial charge in [-0.2, -0.15) is 0 Å². The molecule has 0 aromatic heterocycles. The average Bonchev–Trinajstić information content (AvgIpc) is 3.09. The third-order valence-corrected chi connectivity index (χ3v) is 5.30. The molecule has 0 unspecified atom stereocenters. The van der Waals surface area contributed by atoms with Crippen LogP contribution in [-0.2, 0) is 16.0 Å². The van der Waals surface area contributed by atoms with Gasteiger partial charge in [0.15, 0.2) is 0 Å². The van der Waals surface area contributed by atoms with Gasteiger partial charge in [0.2, 0.25) is 5.91 Å². The minimum absolute atomic E-state index is 0.0306. The summed E-state index contributed by atoms with van der Waals surface area (Å²) in [4.78, 5) is 25.8. The van der Waals surface area contributed by atoms with Crippen molar-refractivity contribution < 1.29 is 19.4 Å². The van der Waals surface area contributed by atoms with E-state index in [1.165, 1.54) is 7.11 Å². The van der Waals surface area contributed by atoms with E-state index in [1.807, 2.05) is 36.1 Å². The Balaban J connectivity index is 1.90. The first kappa shape index (κ1) is 22.7. The van der Waals surface area contributed by atoms with Gasteiger partial charge >= 0.3 is 5.97 Å². The fraction of sp³-hybridized carbons (Fsp3) is 0.500. The Morgan fingerprint density at radius 2 is 2.24 bits per heavy atom. The molecule has 1 aromatic carbocycles. The molecule has 1 aliphatic rings. The molecule has 0 aliphatic carbocycles. The monoisotopic (exact) mass is 397 g/mol. The number of methoxy groups -OCH3 is 1. The van der Waals surface area contributed by atoms with Crippen molar-refractivity contribution in [1.29, 1.82) is 0 Å². The van der Waals surface area contributed by atoms with Gasteiger partial charge in [0, 0.05) is 19.4 Å². The molecular formula is C24H31NO4. The van der Waals surface area contributed by atoms with E-state index in [0.29, 0.717) is 24.9 Å². The fourth-order valence-corrected chi connectivity index (χ4v) is 3.49. The van der Waals surface area contributed by atoms with Gasteiger partial charge in [-0.05, 0) is 49.8 Å². The number of benzene rings is 1. The number of carbonyl (C=O) groups excluding carboxylic acids is 2. The smallest absolute Gasteiger partial charge is 0.337 e. The van der Waals surface area contributed by atoms with Crippen LogP contribution >= 0.6 is 0 Å². The number of aliphatic hydroxyl groups is 1. The van der Waals surface area contributed by atoms with E-state index >= 15 is 0 Å². The SMILES string of the molecule is CC#CC[C@H](C)[C@H](O)/C=C/[C@H]1CCC(=O)N1CCCc1cccc(C(=O)OC)c1. The highest BCUT2D eigenvalue weighted by atomic mass is 16.5. The van der Waals surface area contributed by atoms with E-state index in [9.17, 15) is 14.7 Å². The van der Waals surface area contributed by atoms with Gasteiger partial charge in [-0.25, -0.2) is 4.79 Å². The maximum absolute atomic E-state index is 12.3. The van der Waals surface area contributed by atoms with Crippen LogP contribution in [0.5, 0.6) is 0 Å². The molecule has 29 heavy (non-hydrogen) atoms. The minimum Gasteiger partial charge on any atom is -0.465 e. The summed E-state index contributed by atoms with van der Waals surface area (Å²) in [6, 6.07) is 7.43. The lowest BCUT2D eigenvalue weighted by atomic mass is 10.00. The molecule has 1 aromatic rings. The minimum atomic E-state index is -0.561. The zero-order valence-electron chi connectivity index (χ0n) is 17.6. The maximum Gasteiger partial charge on any atom is 0.337 e. The summed E-state index contributed by atoms with van der Waals surface area (Å²) in [5.41, 5.74) is 1.59. The largest absolute Gasteiger partial charge is 0.465 e. The maximum atomic E-state index is 12.3. The van der Waals surface area contributed by atoms with Crippen LogP contribution in [0.1, 0.15) is 55.5 Å². The van der Waals surface area contributed by atoms with Crippen molar-refractivity contribution in [2.24, 2.45) is 5.92 Å². The number of amides is 1. The van der Waals surface area contributed by atoms with Crippen LogP contribution < -0.4 is 0 Å². The molecule has 0 bridgehead atoms. The van der Waals surface area contributed by atoms with Gasteiger partial charge in [-0.15, -0.1) is 11.8 Å². The predicted octanol–water partition coefficient (Wildman–Crippen LogP) is 3.36. The van der Waals surface area contributed by atoms with Gasteiger partial charge in [0.05, 0.1) is 24.8 Å². The van der Waals surface area contributed by atoms with Crippen LogP contribution in [0.25, 0.3) is 0 Å². The molecular weight excluding hydrogens is 366 g/mol. The summed E-state index contributed by atoms with van der Waals surface area (Å²) in [5.74, 6) is 5.72. The highest BCUT2D eigenvalue weighted by Gasteiger charge is 2.28. The number of hydrogen-bond acceptors (Lipinski definition) is 4. The van der Waals surface area contributed by atoms with Crippen LogP contribution in [-0.4, -0.2) is 47.7 Å². The Labute approximate surface area is 173 Å². The third kappa shape index (κ3) is 6.76. The van der Waals surface area contributed by atoms with E-state index in [1.54, 1.807) is 19.1 Å². The van der Waals surface area contributed by atoms with Gasteiger partial charge in [0.1, 0.15) is 0 Å². The zero-order chi connectivity index (χ0) is 21.2. The lowest BCUT2D eigenvalue weighted by Crippen LogP contribution is -2.33. The number of hydrogen-bond donors (Lipinski definition) is 1. The normalized spacial score (nSPS) is 18.4. The Morgan fingerprint density at radius 1 is 1.45 bits per heavy atom. The number of ether oxygens (including phenoxy) is 1. The van der Waals surface area contributed by atoms with Gasteiger partial charge < -0.3 is 14.7 Å². The highest BCUT2D eigenvalue weighted by Crippen LogP contribution is 2.22. The second kappa shape index (κ2) is 11.4. The zero-order valence-corrected chi connectivity index (χ0v) is 17.6. The van der Waals surface area contributed by atoms with Crippen LogP contribution in [0, 0.1) is 17.8 Å². The lowest BCUT2D eigenvalue weighted by Gasteiger charge is -2.23. The van der Waals surface area contributed by atoms with Gasteiger partial charge in [-0.1, -0.05) is 31.2 Å². The van der Waals surface area contributed by atoms with E-state index in [0.717, 1.165) is 24.8 Å². The van der Waals surface area contributed by atoms with Crippen molar-refractivity contribution in [2.45, 2.75) is 58.1 Å². The second-order valence-electron chi connectivity index (χ2n) is 7.47. The molecule has 0 saturated carbocycles. The molecule has 5 nitrogen and oxygen atoms in total. The number of nitrogens with zero attached hydrogens (tertiary/aromatic N) is 1. The summed E-state index contributed by atoms with van der Waals surface area (Å²) in [6.07, 6.45) is 6.77. The molecule has 0 radical (unpaired) electrons. The Morgan fingerprint density at radius 3 is 2.97 bits per heavy atom. The number of aryl methyl sites for hydroxylation is 1. The van der Waals surface area contributed by atoms with Crippen molar-refractivity contribution in [3.63, 3.8) is 0 Å². The number of esters is 1. The Hall–Kier alpha value is -2.58. The van der Waals surface area contributed by atoms with Crippen molar-refractivity contribution >= 4 is 11.9 Å². The first-order chi connectivity index (χ1) is 14.0. The van der Waals surface area contributed by atoms with E-state index in [-0.39, 0.29) is 23.8 Å². The number of aliphatic hydroxyl groups excluding tert-OH is 1. The summed E-state index contributed by atoms with van der Waals surface area (Å²) in [7, 11) is 1.37. The Bertz CT molecular complexity index is 790. The lowest BCUT2D eigenvalue weighted by molar-refractivity contribution is -0.128. The van der Waals surface area contributed by atoms with Crippen molar-refractivity contribution in [2.75, 3.05) is 13.7 Å². The summed E-state index contributed by atoms with van der Waals surface area (Å²) >= 11 is 0. The molecule has 1 amide bonds. The molecule has 1 fully saturated rings. The van der Waals surface area contributed by atoms with E-state index in [4.69, 9.17) is 4.74 Å². The summed E-state index contributed by atoms with van der Waals surface area (Å²) in [5, 5.41) is 10.3. The van der Waals surface area contributed by atoms with E-state index in [2.05, 4.69) is 11.8 Å². The predicted molar refractivity (Wildman–Crippen MR) is 113 cm³/mol. The topological polar surface area (TPSA) is 66.8 Å². The fourth-order valence-electron chi connectivity index (χ4n) is 3.49. The quantitative estimate of drug-likeness (QED) is 0.394. The van der Waals surface area contributed by atoms with Crippen molar-refractivity contribution in [3.05, 3.63) is 47.5 Å². The average molecular weight is 398 g/mol. The Kier molecular flexibility index (Phi) is 8.95. The second-order valence-corrected chi connectivity index (χ2v) is 7.47. The van der Waals surface area contributed by atoms with Crippen molar-refractivity contribution in [3.8, 4) is 11.8 Å². The molecule has 1 heterocycles. The van der Waals surface area contributed by atoms with Crippen LogP contribution in [0.4, 0.5) is 0 Å². The van der Waals surface area contributed by atoms with Crippen LogP contribution in [0.3, 0.4) is 0 Å². The standard InChI is InChI=1S/C24H31NO4/c1-4-5-8-18(2)22(26)14-12-21-13-15-23(27)25(21)16-7-10-19-9-6-11-20(17-19)24(28)29-3/h6,9,11-12,14,17-18,21-22,26H,7-8,10,13,15-16H2,1-3H3/b14-12+/t18-,21-,22+/m0/s1. The molecule has 2 rings (SSSR count). The van der Waals surface area contributed by atoms with Gasteiger partial charge in [0.25, 0.3) is 0 Å². The summed E-state index contributed by atoms with van der Waals surface area (Å²) < 4.78 is 4.76. The first-order valence-electron chi connectivity index (χ1n) is 10.2. The summed E-state index contributed by atoms with van der Waals surface area (Å²) in [6.45, 7) is 4.42. The molecule has 156 valence electrons. The third-order valence-electron chi connectivity index (χ3n) is 5.30. The van der Waals surface area contributed by atoms with Crippen LogP contribution in [0.2, 0.25) is 0 Å². The molecule has 1 aliphatic heterocycles. The molecule has 1 N–H and O–H groups in total. The van der Waals surface area contributed by atoms with Gasteiger partial charge in [-0.3, -0.25) is 4.79 Å². The molecule has 1 saturated heterocycles. The van der Waals surface area contributed by atoms with E-state index < -0.39 is 6.10 Å². The number of carbonyl (C=O) groups is 2. The molecule has 0 spiro atoms. The first-order valence-corrected chi connectivity index (χ1v) is 10.2. The highest BCUT2D eigenvalue weighted by molar-refractivity contribution is 5.89. The van der Waals surface area contributed by atoms with Crippen LogP contribution in [0.15, 0.2) is 36.4 Å². The number of rotatable bonds is 9. The molecule has 3 atom stereocenters.